The second kappa shape index (κ2) is 6.14. The zero-order valence-electron chi connectivity index (χ0n) is 12.4. The van der Waals surface area contributed by atoms with Crippen LogP contribution < -0.4 is 5.73 Å². The standard InChI is InChI=1S/C14H26N2O2/c1-9(2)8-11(15)13(18)16(14(5,6)7)12(17)10(3)4/h9,11H,3,8,15H2,1-2,4-7H3. The highest BCUT2D eigenvalue weighted by Crippen LogP contribution is 2.19. The molecule has 1 atom stereocenters. The minimum absolute atomic E-state index is 0.311. The Morgan fingerprint density at radius 3 is 2.00 bits per heavy atom. The first kappa shape index (κ1) is 16.8. The summed E-state index contributed by atoms with van der Waals surface area (Å²) in [5.41, 5.74) is 5.63. The van der Waals surface area contributed by atoms with Crippen molar-refractivity contribution in [3.63, 3.8) is 0 Å². The van der Waals surface area contributed by atoms with Gasteiger partial charge in [0.25, 0.3) is 5.91 Å². The van der Waals surface area contributed by atoms with Crippen molar-refractivity contribution in [3.8, 4) is 0 Å². The van der Waals surface area contributed by atoms with Crippen molar-refractivity contribution >= 4 is 11.8 Å². The van der Waals surface area contributed by atoms with Gasteiger partial charge in [0.05, 0.1) is 6.04 Å². The van der Waals surface area contributed by atoms with Crippen LogP contribution in [0.4, 0.5) is 0 Å². The normalized spacial score (nSPS) is 13.3. The molecule has 0 aliphatic heterocycles. The number of imide groups is 1. The summed E-state index contributed by atoms with van der Waals surface area (Å²) in [6, 6.07) is -0.646. The van der Waals surface area contributed by atoms with Gasteiger partial charge in [0, 0.05) is 11.1 Å². The Bertz CT molecular complexity index is 340. The number of amides is 2. The van der Waals surface area contributed by atoms with E-state index < -0.39 is 11.6 Å². The van der Waals surface area contributed by atoms with E-state index in [1.807, 2.05) is 34.6 Å². The summed E-state index contributed by atoms with van der Waals surface area (Å²) in [5.74, 6) is -0.374. The van der Waals surface area contributed by atoms with Crippen LogP contribution in [0, 0.1) is 5.92 Å². The maximum atomic E-state index is 12.3. The molecular weight excluding hydrogens is 228 g/mol. The fraction of sp³-hybridized carbons (Fsp3) is 0.714. The summed E-state index contributed by atoms with van der Waals surface area (Å²) in [6.07, 6.45) is 0.564. The number of nitrogens with zero attached hydrogens (tertiary/aromatic N) is 1. The summed E-state index contributed by atoms with van der Waals surface area (Å²) in [4.78, 5) is 25.6. The largest absolute Gasteiger partial charge is 0.320 e. The molecule has 4 nitrogen and oxygen atoms in total. The first-order valence-corrected chi connectivity index (χ1v) is 6.28. The van der Waals surface area contributed by atoms with Gasteiger partial charge < -0.3 is 5.73 Å². The lowest BCUT2D eigenvalue weighted by atomic mass is 9.99. The summed E-state index contributed by atoms with van der Waals surface area (Å²) >= 11 is 0. The molecule has 0 spiro atoms. The van der Waals surface area contributed by atoms with Gasteiger partial charge in [-0.2, -0.15) is 0 Å². The summed E-state index contributed by atoms with van der Waals surface area (Å²) in [6.45, 7) is 14.6. The molecule has 0 heterocycles. The van der Waals surface area contributed by atoms with Gasteiger partial charge in [0.2, 0.25) is 5.91 Å². The predicted octanol–water partition coefficient (Wildman–Crippen LogP) is 2.09. The molecule has 0 bridgehead atoms. The molecule has 0 saturated carbocycles. The van der Waals surface area contributed by atoms with Crippen LogP contribution in [0.25, 0.3) is 0 Å². The lowest BCUT2D eigenvalue weighted by Gasteiger charge is -2.36. The molecule has 1 unspecified atom stereocenters. The number of rotatable bonds is 4. The van der Waals surface area contributed by atoms with E-state index >= 15 is 0 Å². The van der Waals surface area contributed by atoms with E-state index in [0.717, 1.165) is 0 Å². The Labute approximate surface area is 110 Å². The van der Waals surface area contributed by atoms with Gasteiger partial charge in [0.15, 0.2) is 0 Å². The molecule has 0 aliphatic carbocycles. The monoisotopic (exact) mass is 254 g/mol. The highest BCUT2D eigenvalue weighted by atomic mass is 16.2. The number of nitrogens with two attached hydrogens (primary N) is 1. The molecule has 4 heteroatoms. The van der Waals surface area contributed by atoms with Crippen LogP contribution in [0.1, 0.15) is 48.0 Å². The van der Waals surface area contributed by atoms with E-state index in [0.29, 0.717) is 17.9 Å². The molecule has 2 amide bonds. The lowest BCUT2D eigenvalue weighted by molar-refractivity contribution is -0.149. The van der Waals surface area contributed by atoms with E-state index in [2.05, 4.69) is 6.58 Å². The minimum Gasteiger partial charge on any atom is -0.320 e. The second-order valence-corrected chi connectivity index (χ2v) is 6.17. The Kier molecular flexibility index (Phi) is 5.74. The van der Waals surface area contributed by atoms with Crippen LogP contribution in [-0.2, 0) is 9.59 Å². The average Bonchev–Trinajstić information content (AvgIpc) is 2.13. The minimum atomic E-state index is -0.646. The maximum Gasteiger partial charge on any atom is 0.256 e. The molecule has 0 radical (unpaired) electrons. The summed E-state index contributed by atoms with van der Waals surface area (Å²) in [7, 11) is 0. The van der Waals surface area contributed by atoms with E-state index in [1.54, 1.807) is 6.92 Å². The second-order valence-electron chi connectivity index (χ2n) is 6.17. The van der Waals surface area contributed by atoms with Gasteiger partial charge in [-0.25, -0.2) is 0 Å². The molecule has 18 heavy (non-hydrogen) atoms. The highest BCUT2D eigenvalue weighted by molar-refractivity contribution is 6.05. The molecule has 0 saturated heterocycles. The quantitative estimate of drug-likeness (QED) is 0.781. The fourth-order valence-electron chi connectivity index (χ4n) is 1.70. The Balaban J connectivity index is 5.17. The van der Waals surface area contributed by atoms with Gasteiger partial charge in [-0.05, 0) is 40.0 Å². The molecule has 0 rings (SSSR count). The van der Waals surface area contributed by atoms with Crippen LogP contribution in [0.15, 0.2) is 12.2 Å². The maximum absolute atomic E-state index is 12.3. The third-order valence-electron chi connectivity index (χ3n) is 2.50. The zero-order chi connectivity index (χ0) is 14.7. The topological polar surface area (TPSA) is 63.4 Å². The van der Waals surface area contributed by atoms with Crippen molar-refractivity contribution < 1.29 is 9.59 Å². The van der Waals surface area contributed by atoms with Crippen molar-refractivity contribution in [1.82, 2.24) is 4.90 Å². The first-order valence-electron chi connectivity index (χ1n) is 6.28. The molecular formula is C14H26N2O2. The van der Waals surface area contributed by atoms with Crippen LogP contribution in [-0.4, -0.2) is 28.3 Å². The van der Waals surface area contributed by atoms with Crippen LogP contribution >= 0.6 is 0 Å². The van der Waals surface area contributed by atoms with Crippen molar-refractivity contribution in [3.05, 3.63) is 12.2 Å². The smallest absolute Gasteiger partial charge is 0.256 e. The number of hydrogen-bond acceptors (Lipinski definition) is 3. The lowest BCUT2D eigenvalue weighted by Crippen LogP contribution is -2.55. The Hall–Kier alpha value is -1.16. The van der Waals surface area contributed by atoms with Crippen LogP contribution in [0.5, 0.6) is 0 Å². The number of carbonyl (C=O) groups is 2. The van der Waals surface area contributed by atoms with Crippen LogP contribution in [0.3, 0.4) is 0 Å². The average molecular weight is 254 g/mol. The summed E-state index contributed by atoms with van der Waals surface area (Å²) in [5, 5.41) is 0. The van der Waals surface area contributed by atoms with E-state index in [4.69, 9.17) is 5.73 Å². The third-order valence-corrected chi connectivity index (χ3v) is 2.50. The van der Waals surface area contributed by atoms with Crippen LogP contribution in [0.2, 0.25) is 0 Å². The van der Waals surface area contributed by atoms with Gasteiger partial charge in [-0.3, -0.25) is 14.5 Å². The van der Waals surface area contributed by atoms with Crippen molar-refractivity contribution in [2.24, 2.45) is 11.7 Å². The van der Waals surface area contributed by atoms with E-state index in [-0.39, 0.29) is 11.8 Å². The summed E-state index contributed by atoms with van der Waals surface area (Å²) < 4.78 is 0. The van der Waals surface area contributed by atoms with Gasteiger partial charge in [-0.1, -0.05) is 20.4 Å². The van der Waals surface area contributed by atoms with Gasteiger partial charge in [0.1, 0.15) is 0 Å². The van der Waals surface area contributed by atoms with Crippen molar-refractivity contribution in [2.75, 3.05) is 0 Å². The molecule has 0 aliphatic rings. The highest BCUT2D eigenvalue weighted by Gasteiger charge is 2.35. The SMILES string of the molecule is C=C(C)C(=O)N(C(=O)C(N)CC(C)C)C(C)(C)C. The Morgan fingerprint density at radius 2 is 1.72 bits per heavy atom. The number of carbonyl (C=O) groups excluding carboxylic acids is 2. The predicted molar refractivity (Wildman–Crippen MR) is 73.9 cm³/mol. The molecule has 104 valence electrons. The van der Waals surface area contributed by atoms with E-state index in [1.165, 1.54) is 4.90 Å². The molecule has 2 N–H and O–H groups in total. The molecule has 0 fully saturated rings. The van der Waals surface area contributed by atoms with Crippen molar-refractivity contribution in [2.45, 2.75) is 59.5 Å². The Morgan fingerprint density at radius 1 is 1.28 bits per heavy atom. The molecule has 0 aromatic carbocycles. The molecule has 0 aromatic heterocycles. The number of hydrogen-bond donors (Lipinski definition) is 1. The third kappa shape index (κ3) is 4.61. The van der Waals surface area contributed by atoms with Crippen molar-refractivity contribution in [1.29, 1.82) is 0 Å². The first-order chi connectivity index (χ1) is 7.98. The van der Waals surface area contributed by atoms with Gasteiger partial charge >= 0.3 is 0 Å². The van der Waals surface area contributed by atoms with E-state index in [9.17, 15) is 9.59 Å². The van der Waals surface area contributed by atoms with Gasteiger partial charge in [-0.15, -0.1) is 0 Å². The molecule has 0 aromatic rings. The fourth-order valence-corrected chi connectivity index (χ4v) is 1.70. The zero-order valence-corrected chi connectivity index (χ0v) is 12.4.